The molecule has 0 radical (unpaired) electrons. The Bertz CT molecular complexity index is 1020. The first-order chi connectivity index (χ1) is 12.4. The molecule has 0 atom stereocenters. The normalized spacial score (nSPS) is 10.6. The molecular formula is C19H15BrFN3O2. The van der Waals surface area contributed by atoms with Gasteiger partial charge in [0.1, 0.15) is 12.4 Å². The molecule has 0 saturated heterocycles. The van der Waals surface area contributed by atoms with Gasteiger partial charge in [-0.15, -0.1) is 0 Å². The second-order valence-corrected chi connectivity index (χ2v) is 6.61. The minimum atomic E-state index is -0.394. The SMILES string of the molecule is Cc1ccc(NC(=O)Cn2nc(-c3ccc(F)cc3)ccc2=O)c(Br)c1. The Kier molecular flexibility index (Phi) is 5.27. The van der Waals surface area contributed by atoms with Crippen molar-refractivity contribution >= 4 is 27.5 Å². The van der Waals surface area contributed by atoms with E-state index in [0.717, 1.165) is 14.7 Å². The minimum Gasteiger partial charge on any atom is -0.323 e. The zero-order chi connectivity index (χ0) is 18.7. The van der Waals surface area contributed by atoms with Gasteiger partial charge in [-0.05, 0) is 70.9 Å². The van der Waals surface area contributed by atoms with Gasteiger partial charge >= 0.3 is 0 Å². The number of nitrogens with one attached hydrogen (secondary N) is 1. The Morgan fingerprint density at radius 2 is 1.88 bits per heavy atom. The molecule has 3 aromatic rings. The molecule has 5 nitrogen and oxygen atoms in total. The van der Waals surface area contributed by atoms with Crippen LogP contribution in [0.5, 0.6) is 0 Å². The van der Waals surface area contributed by atoms with Crippen LogP contribution in [0.15, 0.2) is 63.9 Å². The van der Waals surface area contributed by atoms with Gasteiger partial charge < -0.3 is 5.32 Å². The fourth-order valence-corrected chi connectivity index (χ4v) is 2.98. The summed E-state index contributed by atoms with van der Waals surface area (Å²) in [6.07, 6.45) is 0. The number of aromatic nitrogens is 2. The topological polar surface area (TPSA) is 64.0 Å². The van der Waals surface area contributed by atoms with Crippen LogP contribution in [0.4, 0.5) is 10.1 Å². The smallest absolute Gasteiger partial charge is 0.267 e. The fraction of sp³-hybridized carbons (Fsp3) is 0.105. The van der Waals surface area contributed by atoms with E-state index in [9.17, 15) is 14.0 Å². The number of carbonyl (C=O) groups is 1. The predicted molar refractivity (Wildman–Crippen MR) is 101 cm³/mol. The van der Waals surface area contributed by atoms with E-state index in [-0.39, 0.29) is 18.3 Å². The summed E-state index contributed by atoms with van der Waals surface area (Å²) in [5.74, 6) is -0.731. The number of halogens is 2. The maximum Gasteiger partial charge on any atom is 0.267 e. The van der Waals surface area contributed by atoms with Gasteiger partial charge in [0.15, 0.2) is 0 Å². The summed E-state index contributed by atoms with van der Waals surface area (Å²) in [5.41, 5.74) is 2.41. The molecule has 1 heterocycles. The van der Waals surface area contributed by atoms with Crippen LogP contribution >= 0.6 is 15.9 Å². The highest BCUT2D eigenvalue weighted by atomic mass is 79.9. The molecule has 1 N–H and O–H groups in total. The Hall–Kier alpha value is -2.80. The lowest BCUT2D eigenvalue weighted by molar-refractivity contribution is -0.117. The highest BCUT2D eigenvalue weighted by Crippen LogP contribution is 2.23. The van der Waals surface area contributed by atoms with E-state index in [1.54, 1.807) is 24.3 Å². The van der Waals surface area contributed by atoms with Gasteiger partial charge in [0.05, 0.1) is 11.4 Å². The van der Waals surface area contributed by atoms with Crippen molar-refractivity contribution in [2.24, 2.45) is 0 Å². The number of amides is 1. The van der Waals surface area contributed by atoms with E-state index >= 15 is 0 Å². The van der Waals surface area contributed by atoms with Crippen LogP contribution in [-0.2, 0) is 11.3 Å². The second kappa shape index (κ2) is 7.61. The first-order valence-electron chi connectivity index (χ1n) is 7.82. The molecule has 1 aromatic heterocycles. The van der Waals surface area contributed by atoms with Gasteiger partial charge in [-0.1, -0.05) is 6.07 Å². The van der Waals surface area contributed by atoms with Crippen molar-refractivity contribution in [1.29, 1.82) is 0 Å². The number of carbonyl (C=O) groups excluding carboxylic acids is 1. The van der Waals surface area contributed by atoms with Crippen molar-refractivity contribution in [3.63, 3.8) is 0 Å². The van der Waals surface area contributed by atoms with Crippen LogP contribution in [0.25, 0.3) is 11.3 Å². The maximum absolute atomic E-state index is 13.0. The van der Waals surface area contributed by atoms with Crippen molar-refractivity contribution in [3.05, 3.63) is 80.8 Å². The molecule has 3 rings (SSSR count). The number of benzene rings is 2. The van der Waals surface area contributed by atoms with Gasteiger partial charge in [-0.2, -0.15) is 5.10 Å². The standard InChI is InChI=1S/C19H15BrFN3O2/c1-12-2-7-17(15(20)10-12)22-18(25)11-24-19(26)9-8-16(23-24)13-3-5-14(21)6-4-13/h2-10H,11H2,1H3,(H,22,25). The van der Waals surface area contributed by atoms with Crippen LogP contribution in [0.1, 0.15) is 5.56 Å². The van der Waals surface area contributed by atoms with Crippen molar-refractivity contribution in [1.82, 2.24) is 9.78 Å². The van der Waals surface area contributed by atoms with Crippen LogP contribution in [0.3, 0.4) is 0 Å². The summed E-state index contributed by atoms with van der Waals surface area (Å²) in [6, 6.07) is 14.2. The molecule has 0 aliphatic heterocycles. The van der Waals surface area contributed by atoms with E-state index in [0.29, 0.717) is 16.9 Å². The lowest BCUT2D eigenvalue weighted by Crippen LogP contribution is -2.29. The molecular weight excluding hydrogens is 401 g/mol. The molecule has 1 amide bonds. The number of anilines is 1. The summed E-state index contributed by atoms with van der Waals surface area (Å²) in [4.78, 5) is 24.3. The van der Waals surface area contributed by atoms with E-state index in [1.807, 2.05) is 19.1 Å². The third-order valence-electron chi connectivity index (χ3n) is 3.70. The molecule has 26 heavy (non-hydrogen) atoms. The molecule has 0 unspecified atom stereocenters. The average molecular weight is 416 g/mol. The van der Waals surface area contributed by atoms with Crippen LogP contribution < -0.4 is 10.9 Å². The van der Waals surface area contributed by atoms with E-state index in [4.69, 9.17) is 0 Å². The number of aryl methyl sites for hydroxylation is 1. The first kappa shape index (κ1) is 18.0. The van der Waals surface area contributed by atoms with Crippen molar-refractivity contribution in [3.8, 4) is 11.3 Å². The number of rotatable bonds is 4. The van der Waals surface area contributed by atoms with Crippen LogP contribution in [0, 0.1) is 12.7 Å². The minimum absolute atomic E-state index is 0.228. The molecule has 0 aliphatic carbocycles. The molecule has 7 heteroatoms. The Morgan fingerprint density at radius 3 is 2.58 bits per heavy atom. The molecule has 2 aromatic carbocycles. The molecule has 0 fully saturated rings. The van der Waals surface area contributed by atoms with Crippen molar-refractivity contribution in [2.75, 3.05) is 5.32 Å². The number of nitrogens with zero attached hydrogens (tertiary/aromatic N) is 2. The van der Waals surface area contributed by atoms with Gasteiger partial charge in [-0.3, -0.25) is 9.59 Å². The average Bonchev–Trinajstić information content (AvgIpc) is 2.60. The fourth-order valence-electron chi connectivity index (χ4n) is 2.38. The van der Waals surface area contributed by atoms with Crippen molar-refractivity contribution < 1.29 is 9.18 Å². The Labute approximate surface area is 157 Å². The summed E-state index contributed by atoms with van der Waals surface area (Å²) in [5, 5.41) is 6.94. The largest absolute Gasteiger partial charge is 0.323 e. The van der Waals surface area contributed by atoms with E-state index in [1.165, 1.54) is 18.2 Å². The monoisotopic (exact) mass is 415 g/mol. The van der Waals surface area contributed by atoms with Gasteiger partial charge in [0.2, 0.25) is 5.91 Å². The summed E-state index contributed by atoms with van der Waals surface area (Å²) in [6.45, 7) is 1.72. The first-order valence-corrected chi connectivity index (χ1v) is 8.62. The summed E-state index contributed by atoms with van der Waals surface area (Å²) in [7, 11) is 0. The molecule has 132 valence electrons. The zero-order valence-corrected chi connectivity index (χ0v) is 15.5. The molecule has 0 spiro atoms. The summed E-state index contributed by atoms with van der Waals surface area (Å²) < 4.78 is 14.9. The Morgan fingerprint density at radius 1 is 1.15 bits per heavy atom. The van der Waals surface area contributed by atoms with Gasteiger partial charge in [0, 0.05) is 16.1 Å². The molecule has 0 bridgehead atoms. The third kappa shape index (κ3) is 4.23. The quantitative estimate of drug-likeness (QED) is 0.705. The lowest BCUT2D eigenvalue weighted by atomic mass is 10.1. The van der Waals surface area contributed by atoms with Gasteiger partial charge in [0.25, 0.3) is 5.56 Å². The van der Waals surface area contributed by atoms with Crippen LogP contribution in [0.2, 0.25) is 0 Å². The summed E-state index contributed by atoms with van der Waals surface area (Å²) >= 11 is 3.39. The van der Waals surface area contributed by atoms with Gasteiger partial charge in [-0.25, -0.2) is 9.07 Å². The highest BCUT2D eigenvalue weighted by Gasteiger charge is 2.10. The molecule has 0 aliphatic rings. The zero-order valence-electron chi connectivity index (χ0n) is 13.9. The number of hydrogen-bond donors (Lipinski definition) is 1. The lowest BCUT2D eigenvalue weighted by Gasteiger charge is -2.10. The van der Waals surface area contributed by atoms with E-state index in [2.05, 4.69) is 26.3 Å². The van der Waals surface area contributed by atoms with E-state index < -0.39 is 5.56 Å². The predicted octanol–water partition coefficient (Wildman–Crippen LogP) is 3.76. The Balaban J connectivity index is 1.80. The third-order valence-corrected chi connectivity index (χ3v) is 4.35. The number of hydrogen-bond acceptors (Lipinski definition) is 3. The maximum atomic E-state index is 13.0. The molecule has 0 saturated carbocycles. The van der Waals surface area contributed by atoms with Crippen molar-refractivity contribution in [2.45, 2.75) is 13.5 Å². The highest BCUT2D eigenvalue weighted by molar-refractivity contribution is 9.10. The van der Waals surface area contributed by atoms with Crippen LogP contribution in [-0.4, -0.2) is 15.7 Å². The second-order valence-electron chi connectivity index (χ2n) is 5.75.